The van der Waals surface area contributed by atoms with Crippen LogP contribution in [0.4, 0.5) is 11.4 Å². The van der Waals surface area contributed by atoms with Crippen LogP contribution in [-0.4, -0.2) is 13.0 Å². The lowest BCUT2D eigenvalue weighted by molar-refractivity contribution is 0.102. The van der Waals surface area contributed by atoms with Gasteiger partial charge in [-0.2, -0.15) is 0 Å². The highest BCUT2D eigenvalue weighted by molar-refractivity contribution is 6.07. The number of aryl methyl sites for hydroxylation is 1. The number of hydrogen-bond acceptors (Lipinski definition) is 3. The number of para-hydroxylation sites is 1. The third-order valence-corrected chi connectivity index (χ3v) is 2.77. The van der Waals surface area contributed by atoms with Crippen LogP contribution in [0.3, 0.4) is 0 Å². The third kappa shape index (κ3) is 2.85. The second-order valence-corrected chi connectivity index (χ2v) is 4.25. The molecule has 0 aromatic heterocycles. The SMILES string of the molecule is COc1c(N)cccc1C(=O)Nc1cccc(C)c1. The van der Waals surface area contributed by atoms with Crippen LogP contribution in [0.25, 0.3) is 0 Å². The molecule has 2 aromatic carbocycles. The molecule has 4 nitrogen and oxygen atoms in total. The van der Waals surface area contributed by atoms with E-state index in [1.807, 2.05) is 31.2 Å². The molecule has 2 aromatic rings. The Morgan fingerprint density at radius 2 is 1.95 bits per heavy atom. The van der Waals surface area contributed by atoms with Gasteiger partial charge in [0.05, 0.1) is 18.4 Å². The molecule has 0 unspecified atom stereocenters. The van der Waals surface area contributed by atoms with Gasteiger partial charge in [-0.3, -0.25) is 4.79 Å². The molecule has 3 N–H and O–H groups in total. The normalized spacial score (nSPS) is 10.0. The summed E-state index contributed by atoms with van der Waals surface area (Å²) in [5, 5.41) is 2.83. The average molecular weight is 256 g/mol. The summed E-state index contributed by atoms with van der Waals surface area (Å²) in [5.74, 6) is 0.155. The van der Waals surface area contributed by atoms with Gasteiger partial charge in [-0.25, -0.2) is 0 Å². The number of anilines is 2. The van der Waals surface area contributed by atoms with E-state index in [9.17, 15) is 4.79 Å². The zero-order valence-electron chi connectivity index (χ0n) is 10.9. The number of ether oxygens (including phenoxy) is 1. The number of nitrogens with two attached hydrogens (primary N) is 1. The highest BCUT2D eigenvalue weighted by atomic mass is 16.5. The molecular formula is C15H16N2O2. The molecular weight excluding hydrogens is 240 g/mol. The van der Waals surface area contributed by atoms with Crippen LogP contribution in [0.1, 0.15) is 15.9 Å². The molecule has 0 aliphatic carbocycles. The van der Waals surface area contributed by atoms with Gasteiger partial charge in [0.1, 0.15) is 0 Å². The lowest BCUT2D eigenvalue weighted by atomic mass is 10.1. The third-order valence-electron chi connectivity index (χ3n) is 2.77. The molecule has 0 aliphatic heterocycles. The van der Waals surface area contributed by atoms with E-state index in [1.165, 1.54) is 7.11 Å². The number of nitrogens with one attached hydrogen (secondary N) is 1. The van der Waals surface area contributed by atoms with Gasteiger partial charge in [-0.05, 0) is 36.8 Å². The fourth-order valence-electron chi connectivity index (χ4n) is 1.88. The maximum atomic E-state index is 12.2. The molecule has 4 heteroatoms. The van der Waals surface area contributed by atoms with Crippen molar-refractivity contribution < 1.29 is 9.53 Å². The molecule has 2 rings (SSSR count). The molecule has 0 saturated carbocycles. The Labute approximate surface area is 112 Å². The zero-order chi connectivity index (χ0) is 13.8. The van der Waals surface area contributed by atoms with E-state index < -0.39 is 0 Å². The van der Waals surface area contributed by atoms with Crippen molar-refractivity contribution in [3.63, 3.8) is 0 Å². The number of carbonyl (C=O) groups excluding carboxylic acids is 1. The van der Waals surface area contributed by atoms with E-state index in [0.717, 1.165) is 11.3 Å². The second-order valence-electron chi connectivity index (χ2n) is 4.25. The molecule has 0 aliphatic rings. The summed E-state index contributed by atoms with van der Waals surface area (Å²) in [4.78, 5) is 12.2. The van der Waals surface area contributed by atoms with Crippen molar-refractivity contribution >= 4 is 17.3 Å². The molecule has 0 atom stereocenters. The standard InChI is InChI=1S/C15H16N2O2/c1-10-5-3-6-11(9-10)17-15(18)12-7-4-8-13(16)14(12)19-2/h3-9H,16H2,1-2H3,(H,17,18). The van der Waals surface area contributed by atoms with Crippen molar-refractivity contribution in [1.29, 1.82) is 0 Å². The van der Waals surface area contributed by atoms with Crippen LogP contribution in [0.5, 0.6) is 5.75 Å². The van der Waals surface area contributed by atoms with E-state index in [2.05, 4.69) is 5.32 Å². The Kier molecular flexibility index (Phi) is 3.71. The second kappa shape index (κ2) is 5.44. The number of hydrogen-bond donors (Lipinski definition) is 2. The Morgan fingerprint density at radius 3 is 2.63 bits per heavy atom. The fraction of sp³-hybridized carbons (Fsp3) is 0.133. The summed E-state index contributed by atoms with van der Waals surface area (Å²) in [5.41, 5.74) is 8.47. The summed E-state index contributed by atoms with van der Waals surface area (Å²) >= 11 is 0. The molecule has 19 heavy (non-hydrogen) atoms. The summed E-state index contributed by atoms with van der Waals surface area (Å²) in [6.07, 6.45) is 0. The van der Waals surface area contributed by atoms with Crippen molar-refractivity contribution in [3.05, 3.63) is 53.6 Å². The van der Waals surface area contributed by atoms with Gasteiger partial charge in [0.25, 0.3) is 5.91 Å². The van der Waals surface area contributed by atoms with Gasteiger partial charge in [0, 0.05) is 5.69 Å². The van der Waals surface area contributed by atoms with Gasteiger partial charge in [0.2, 0.25) is 0 Å². The van der Waals surface area contributed by atoms with Crippen LogP contribution in [-0.2, 0) is 0 Å². The first-order chi connectivity index (χ1) is 9.11. The minimum absolute atomic E-state index is 0.241. The molecule has 0 fully saturated rings. The number of rotatable bonds is 3. The minimum Gasteiger partial charge on any atom is -0.494 e. The Morgan fingerprint density at radius 1 is 1.21 bits per heavy atom. The predicted molar refractivity (Wildman–Crippen MR) is 76.5 cm³/mol. The predicted octanol–water partition coefficient (Wildman–Crippen LogP) is 2.84. The first-order valence-electron chi connectivity index (χ1n) is 5.92. The Bertz CT molecular complexity index is 609. The van der Waals surface area contributed by atoms with Crippen molar-refractivity contribution in [2.24, 2.45) is 0 Å². The van der Waals surface area contributed by atoms with Crippen molar-refractivity contribution in [1.82, 2.24) is 0 Å². The van der Waals surface area contributed by atoms with Crippen LogP contribution in [0, 0.1) is 6.92 Å². The summed E-state index contributed by atoms with van der Waals surface area (Å²) in [6, 6.07) is 12.7. The lowest BCUT2D eigenvalue weighted by Crippen LogP contribution is -2.14. The monoisotopic (exact) mass is 256 g/mol. The van der Waals surface area contributed by atoms with Gasteiger partial charge >= 0.3 is 0 Å². The summed E-state index contributed by atoms with van der Waals surface area (Å²) < 4.78 is 5.17. The van der Waals surface area contributed by atoms with E-state index in [1.54, 1.807) is 18.2 Å². The number of benzene rings is 2. The van der Waals surface area contributed by atoms with E-state index in [0.29, 0.717) is 17.0 Å². The number of methoxy groups -OCH3 is 1. The number of nitrogen functional groups attached to an aromatic ring is 1. The first kappa shape index (κ1) is 13.0. The molecule has 1 amide bonds. The van der Waals surface area contributed by atoms with Crippen LogP contribution in [0.2, 0.25) is 0 Å². The molecule has 0 saturated heterocycles. The quantitative estimate of drug-likeness (QED) is 0.830. The Balaban J connectivity index is 2.28. The van der Waals surface area contributed by atoms with Crippen molar-refractivity contribution in [2.75, 3.05) is 18.2 Å². The van der Waals surface area contributed by atoms with Gasteiger partial charge in [0.15, 0.2) is 5.75 Å². The van der Waals surface area contributed by atoms with Gasteiger partial charge in [-0.1, -0.05) is 18.2 Å². The van der Waals surface area contributed by atoms with E-state index >= 15 is 0 Å². The summed E-state index contributed by atoms with van der Waals surface area (Å²) in [7, 11) is 1.50. The van der Waals surface area contributed by atoms with Gasteiger partial charge in [-0.15, -0.1) is 0 Å². The molecule has 0 spiro atoms. The smallest absolute Gasteiger partial charge is 0.259 e. The largest absolute Gasteiger partial charge is 0.494 e. The first-order valence-corrected chi connectivity index (χ1v) is 5.92. The topological polar surface area (TPSA) is 64.3 Å². The molecule has 0 bridgehead atoms. The maximum absolute atomic E-state index is 12.2. The molecule has 0 radical (unpaired) electrons. The molecule has 0 heterocycles. The lowest BCUT2D eigenvalue weighted by Gasteiger charge is -2.11. The van der Waals surface area contributed by atoms with Crippen LogP contribution in [0.15, 0.2) is 42.5 Å². The highest BCUT2D eigenvalue weighted by Gasteiger charge is 2.14. The number of amides is 1. The van der Waals surface area contributed by atoms with Crippen LogP contribution >= 0.6 is 0 Å². The van der Waals surface area contributed by atoms with E-state index in [4.69, 9.17) is 10.5 Å². The van der Waals surface area contributed by atoms with Crippen molar-refractivity contribution in [3.8, 4) is 5.75 Å². The van der Waals surface area contributed by atoms with Gasteiger partial charge < -0.3 is 15.8 Å². The maximum Gasteiger partial charge on any atom is 0.259 e. The Hall–Kier alpha value is -2.49. The minimum atomic E-state index is -0.241. The fourth-order valence-corrected chi connectivity index (χ4v) is 1.88. The highest BCUT2D eigenvalue weighted by Crippen LogP contribution is 2.26. The molecule has 98 valence electrons. The van der Waals surface area contributed by atoms with E-state index in [-0.39, 0.29) is 5.91 Å². The average Bonchev–Trinajstić information content (AvgIpc) is 2.38. The summed E-state index contributed by atoms with van der Waals surface area (Å²) in [6.45, 7) is 1.97. The zero-order valence-corrected chi connectivity index (χ0v) is 10.9. The van der Waals surface area contributed by atoms with Crippen molar-refractivity contribution in [2.45, 2.75) is 6.92 Å². The van der Waals surface area contributed by atoms with Crippen LogP contribution < -0.4 is 15.8 Å². The number of carbonyl (C=O) groups is 1.